The maximum absolute atomic E-state index is 11.6. The van der Waals surface area contributed by atoms with Crippen molar-refractivity contribution in [1.29, 1.82) is 5.26 Å². The third kappa shape index (κ3) is 4.85. The Labute approximate surface area is 107 Å². The van der Waals surface area contributed by atoms with Gasteiger partial charge in [-0.25, -0.2) is 4.79 Å². The van der Waals surface area contributed by atoms with Gasteiger partial charge < -0.3 is 15.4 Å². The Hall–Kier alpha value is -2.06. The fraction of sp³-hybridized carbons (Fsp3) is 0.385. The predicted octanol–water partition coefficient (Wildman–Crippen LogP) is 1.91. The molecule has 5 nitrogen and oxygen atoms in total. The van der Waals surface area contributed by atoms with E-state index in [0.717, 1.165) is 5.56 Å². The van der Waals surface area contributed by atoms with Gasteiger partial charge >= 0.3 is 6.03 Å². The van der Waals surface area contributed by atoms with Crippen LogP contribution < -0.4 is 10.6 Å². The van der Waals surface area contributed by atoms with Gasteiger partial charge in [0.15, 0.2) is 0 Å². The molecule has 0 saturated heterocycles. The van der Waals surface area contributed by atoms with E-state index in [1.165, 1.54) is 0 Å². The van der Waals surface area contributed by atoms with Crippen molar-refractivity contribution in [3.05, 3.63) is 29.8 Å². The summed E-state index contributed by atoms with van der Waals surface area (Å²) in [5.41, 5.74) is 1.62. The van der Waals surface area contributed by atoms with E-state index in [4.69, 9.17) is 10.00 Å². The zero-order valence-electron chi connectivity index (χ0n) is 10.6. The number of urea groups is 1. The van der Waals surface area contributed by atoms with E-state index < -0.39 is 0 Å². The lowest BCUT2D eigenvalue weighted by molar-refractivity contribution is 0.173. The fourth-order valence-electron chi connectivity index (χ4n) is 1.48. The molecule has 2 N–H and O–H groups in total. The first-order valence-corrected chi connectivity index (χ1v) is 5.68. The van der Waals surface area contributed by atoms with Crippen molar-refractivity contribution in [2.45, 2.75) is 19.4 Å². The van der Waals surface area contributed by atoms with E-state index in [1.807, 2.05) is 19.1 Å². The minimum Gasteiger partial charge on any atom is -0.383 e. The molecule has 1 aromatic carbocycles. The highest BCUT2D eigenvalue weighted by Crippen LogP contribution is 2.09. The van der Waals surface area contributed by atoms with Crippen LogP contribution in [0.3, 0.4) is 0 Å². The largest absolute Gasteiger partial charge is 0.383 e. The van der Waals surface area contributed by atoms with E-state index in [0.29, 0.717) is 18.7 Å². The molecule has 0 aliphatic carbocycles. The standard InChI is InChI=1S/C13H17N3O2/c1-10(9-18-2)15-13(17)16-12-5-3-11(4-6-12)7-8-14/h3-6,10H,7,9H2,1-2H3,(H2,15,16,17). The average molecular weight is 247 g/mol. The van der Waals surface area contributed by atoms with Crippen molar-refractivity contribution in [1.82, 2.24) is 5.32 Å². The van der Waals surface area contributed by atoms with Gasteiger partial charge in [0.05, 0.1) is 25.1 Å². The molecule has 0 spiro atoms. The molecular formula is C13H17N3O2. The minimum absolute atomic E-state index is 0.0483. The molecule has 0 heterocycles. The third-order valence-corrected chi connectivity index (χ3v) is 2.29. The normalized spacial score (nSPS) is 11.4. The number of methoxy groups -OCH3 is 1. The first-order valence-electron chi connectivity index (χ1n) is 5.68. The van der Waals surface area contributed by atoms with Crippen molar-refractivity contribution in [2.24, 2.45) is 0 Å². The zero-order chi connectivity index (χ0) is 13.4. The van der Waals surface area contributed by atoms with Crippen LogP contribution in [0.4, 0.5) is 10.5 Å². The van der Waals surface area contributed by atoms with E-state index in [1.54, 1.807) is 19.2 Å². The number of anilines is 1. The number of benzene rings is 1. The van der Waals surface area contributed by atoms with Gasteiger partial charge in [-0.05, 0) is 24.6 Å². The van der Waals surface area contributed by atoms with Crippen LogP contribution in [0.2, 0.25) is 0 Å². The zero-order valence-corrected chi connectivity index (χ0v) is 10.6. The number of nitrogens with zero attached hydrogens (tertiary/aromatic N) is 1. The molecule has 0 aliphatic rings. The van der Waals surface area contributed by atoms with Crippen molar-refractivity contribution in [3.8, 4) is 6.07 Å². The molecule has 18 heavy (non-hydrogen) atoms. The van der Waals surface area contributed by atoms with Gasteiger partial charge in [0.2, 0.25) is 0 Å². The second-order valence-corrected chi connectivity index (χ2v) is 3.99. The molecule has 0 bridgehead atoms. The maximum Gasteiger partial charge on any atom is 0.319 e. The molecule has 96 valence electrons. The summed E-state index contributed by atoms with van der Waals surface area (Å²) in [4.78, 5) is 11.6. The number of hydrogen-bond acceptors (Lipinski definition) is 3. The Balaban J connectivity index is 2.47. The van der Waals surface area contributed by atoms with Crippen LogP contribution in [0, 0.1) is 11.3 Å². The number of hydrogen-bond donors (Lipinski definition) is 2. The lowest BCUT2D eigenvalue weighted by Crippen LogP contribution is -2.38. The molecule has 0 aromatic heterocycles. The van der Waals surface area contributed by atoms with Crippen LogP contribution in [-0.4, -0.2) is 25.8 Å². The second kappa shape index (κ2) is 7.30. The van der Waals surface area contributed by atoms with Gasteiger partial charge in [0.25, 0.3) is 0 Å². The summed E-state index contributed by atoms with van der Waals surface area (Å²) < 4.78 is 4.92. The molecule has 1 unspecified atom stereocenters. The number of nitriles is 1. The average Bonchev–Trinajstić information content (AvgIpc) is 2.32. The van der Waals surface area contributed by atoms with Gasteiger partial charge in [-0.15, -0.1) is 0 Å². The molecule has 2 amide bonds. The van der Waals surface area contributed by atoms with Crippen molar-refractivity contribution in [3.63, 3.8) is 0 Å². The first-order chi connectivity index (χ1) is 8.65. The van der Waals surface area contributed by atoms with Crippen LogP contribution in [0.5, 0.6) is 0 Å². The monoisotopic (exact) mass is 247 g/mol. The number of amides is 2. The summed E-state index contributed by atoms with van der Waals surface area (Å²) in [5, 5.41) is 14.0. The van der Waals surface area contributed by atoms with Gasteiger partial charge in [0, 0.05) is 12.8 Å². The molecule has 1 atom stereocenters. The summed E-state index contributed by atoms with van der Waals surface area (Å²) in [6.45, 7) is 2.33. The van der Waals surface area contributed by atoms with Crippen LogP contribution in [0.1, 0.15) is 12.5 Å². The SMILES string of the molecule is COCC(C)NC(=O)Nc1ccc(CC#N)cc1. The number of nitrogens with one attached hydrogen (secondary N) is 2. The lowest BCUT2D eigenvalue weighted by atomic mass is 10.1. The molecule has 1 rings (SSSR count). The van der Waals surface area contributed by atoms with Gasteiger partial charge in [-0.1, -0.05) is 12.1 Å². The predicted molar refractivity (Wildman–Crippen MR) is 69.3 cm³/mol. The molecule has 0 radical (unpaired) electrons. The van der Waals surface area contributed by atoms with Gasteiger partial charge in [-0.3, -0.25) is 0 Å². The molecule has 1 aromatic rings. The van der Waals surface area contributed by atoms with Crippen LogP contribution in [0.15, 0.2) is 24.3 Å². The van der Waals surface area contributed by atoms with E-state index in [2.05, 4.69) is 16.7 Å². The summed E-state index contributed by atoms with van der Waals surface area (Å²) in [7, 11) is 1.59. The van der Waals surface area contributed by atoms with Gasteiger partial charge in [-0.2, -0.15) is 5.26 Å². The number of ether oxygens (including phenoxy) is 1. The summed E-state index contributed by atoms with van der Waals surface area (Å²) in [6, 6.07) is 8.93. The second-order valence-electron chi connectivity index (χ2n) is 3.99. The van der Waals surface area contributed by atoms with Crippen LogP contribution >= 0.6 is 0 Å². The Morgan fingerprint density at radius 3 is 2.67 bits per heavy atom. The molecular weight excluding hydrogens is 230 g/mol. The minimum atomic E-state index is -0.271. The van der Waals surface area contributed by atoms with E-state index in [-0.39, 0.29) is 12.1 Å². The third-order valence-electron chi connectivity index (χ3n) is 2.29. The smallest absolute Gasteiger partial charge is 0.319 e. The van der Waals surface area contributed by atoms with Crippen LogP contribution in [-0.2, 0) is 11.2 Å². The van der Waals surface area contributed by atoms with Gasteiger partial charge in [0.1, 0.15) is 0 Å². The summed E-state index contributed by atoms with van der Waals surface area (Å²) in [6.07, 6.45) is 0.372. The van der Waals surface area contributed by atoms with Crippen molar-refractivity contribution < 1.29 is 9.53 Å². The fourth-order valence-corrected chi connectivity index (χ4v) is 1.48. The summed E-state index contributed by atoms with van der Waals surface area (Å²) >= 11 is 0. The van der Waals surface area contributed by atoms with Crippen LogP contribution in [0.25, 0.3) is 0 Å². The highest BCUT2D eigenvalue weighted by molar-refractivity contribution is 5.89. The molecule has 5 heteroatoms. The number of carbonyl (C=O) groups excluding carboxylic acids is 1. The van der Waals surface area contributed by atoms with E-state index in [9.17, 15) is 4.79 Å². The Kier molecular flexibility index (Phi) is 5.68. The Bertz CT molecular complexity index is 423. The molecule has 0 fully saturated rings. The molecule has 0 saturated carbocycles. The topological polar surface area (TPSA) is 74.2 Å². The first kappa shape index (κ1) is 14.0. The van der Waals surface area contributed by atoms with Crippen molar-refractivity contribution >= 4 is 11.7 Å². The highest BCUT2D eigenvalue weighted by atomic mass is 16.5. The Morgan fingerprint density at radius 2 is 2.11 bits per heavy atom. The molecule has 0 aliphatic heterocycles. The number of carbonyl (C=O) groups is 1. The summed E-state index contributed by atoms with van der Waals surface area (Å²) in [5.74, 6) is 0. The lowest BCUT2D eigenvalue weighted by Gasteiger charge is -2.13. The quantitative estimate of drug-likeness (QED) is 0.834. The van der Waals surface area contributed by atoms with E-state index >= 15 is 0 Å². The maximum atomic E-state index is 11.6. The van der Waals surface area contributed by atoms with Crippen molar-refractivity contribution in [2.75, 3.05) is 19.0 Å². The Morgan fingerprint density at radius 1 is 1.44 bits per heavy atom. The number of rotatable bonds is 5. The highest BCUT2D eigenvalue weighted by Gasteiger charge is 2.06.